The molecule has 2 aliphatic carbocycles. The van der Waals surface area contributed by atoms with E-state index in [1.807, 2.05) is 0 Å². The maximum atomic E-state index is 2.56. The highest BCUT2D eigenvalue weighted by atomic mass is 14.5. The zero-order chi connectivity index (χ0) is 32.1. The Hall–Kier alpha value is -3.12. The van der Waals surface area contributed by atoms with E-state index in [1.54, 1.807) is 0 Å². The van der Waals surface area contributed by atoms with Crippen molar-refractivity contribution in [1.29, 1.82) is 0 Å². The molecule has 0 aromatic heterocycles. The van der Waals surface area contributed by atoms with Crippen LogP contribution in [0.4, 0.5) is 0 Å². The second kappa shape index (κ2) is 9.94. The third-order valence-electron chi connectivity index (χ3n) is 10.6. The largest absolute Gasteiger partial charge is 0.0607 e. The first-order valence-electron chi connectivity index (χ1n) is 16.9. The summed E-state index contributed by atoms with van der Waals surface area (Å²) in [7, 11) is 0. The lowest BCUT2D eigenvalue weighted by Gasteiger charge is -2.32. The Morgan fingerprint density at radius 3 is 0.750 bits per heavy atom. The van der Waals surface area contributed by atoms with Crippen LogP contribution in [0.1, 0.15) is 146 Å². The highest BCUT2D eigenvalue weighted by Crippen LogP contribution is 2.58. The van der Waals surface area contributed by atoms with Gasteiger partial charge in [-0.2, -0.15) is 0 Å². The van der Waals surface area contributed by atoms with Gasteiger partial charge in [0.25, 0.3) is 0 Å². The molecule has 0 unspecified atom stereocenters. The van der Waals surface area contributed by atoms with Gasteiger partial charge in [-0.15, -0.1) is 0 Å². The van der Waals surface area contributed by atoms with Gasteiger partial charge in [-0.25, -0.2) is 0 Å². The zero-order valence-electron chi connectivity index (χ0n) is 29.7. The number of fused-ring (bicyclic) bond motifs is 6. The molecule has 0 nitrogen and oxygen atoms in total. The molecular weight excluding hydrogens is 528 g/mol. The van der Waals surface area contributed by atoms with E-state index in [4.69, 9.17) is 0 Å². The average molecular weight is 583 g/mol. The van der Waals surface area contributed by atoms with Crippen LogP contribution in [0, 0.1) is 5.92 Å². The molecule has 0 spiro atoms. The van der Waals surface area contributed by atoms with Crippen molar-refractivity contribution < 1.29 is 0 Å². The van der Waals surface area contributed by atoms with Gasteiger partial charge in [-0.05, 0) is 94.3 Å². The molecule has 2 aliphatic rings. The molecule has 0 N–H and O–H groups in total. The van der Waals surface area contributed by atoms with Crippen LogP contribution in [-0.2, 0) is 21.7 Å². The molecule has 4 aromatic carbocycles. The first kappa shape index (κ1) is 30.9. The summed E-state index contributed by atoms with van der Waals surface area (Å²) >= 11 is 0. The highest BCUT2D eigenvalue weighted by molar-refractivity contribution is 5.83. The molecular formula is C44H54. The van der Waals surface area contributed by atoms with Crippen LogP contribution in [0.2, 0.25) is 0 Å². The van der Waals surface area contributed by atoms with Gasteiger partial charge in [0.15, 0.2) is 0 Å². The van der Waals surface area contributed by atoms with E-state index in [1.165, 1.54) is 66.8 Å². The first-order chi connectivity index (χ1) is 20.3. The third kappa shape index (κ3) is 5.07. The lowest BCUT2D eigenvalue weighted by molar-refractivity contribution is 0.463. The van der Waals surface area contributed by atoms with Crippen molar-refractivity contribution in [3.8, 4) is 22.3 Å². The Balaban J connectivity index is 1.61. The van der Waals surface area contributed by atoms with Gasteiger partial charge >= 0.3 is 0 Å². The van der Waals surface area contributed by atoms with Crippen LogP contribution in [0.25, 0.3) is 22.3 Å². The van der Waals surface area contributed by atoms with Crippen molar-refractivity contribution in [2.75, 3.05) is 0 Å². The Labute approximate surface area is 268 Å². The minimum atomic E-state index is 0.101. The number of hydrogen-bond donors (Lipinski definition) is 0. The molecule has 0 aliphatic heterocycles. The fourth-order valence-corrected chi connectivity index (χ4v) is 7.79. The fraction of sp³-hybridized carbons (Fsp3) is 0.455. The van der Waals surface area contributed by atoms with Gasteiger partial charge in [-0.3, -0.25) is 0 Å². The second-order valence-electron chi connectivity index (χ2n) is 18.0. The summed E-state index contributed by atoms with van der Waals surface area (Å²) in [5, 5.41) is 0. The molecule has 6 rings (SSSR count). The maximum absolute atomic E-state index is 2.56. The topological polar surface area (TPSA) is 0 Å². The normalized spacial score (nSPS) is 15.4. The van der Waals surface area contributed by atoms with E-state index in [0.717, 1.165) is 0 Å². The Bertz CT molecular complexity index is 1490. The molecule has 0 saturated heterocycles. The van der Waals surface area contributed by atoms with Crippen molar-refractivity contribution in [2.45, 2.75) is 124 Å². The molecule has 0 bridgehead atoms. The van der Waals surface area contributed by atoms with Crippen LogP contribution < -0.4 is 0 Å². The van der Waals surface area contributed by atoms with Crippen molar-refractivity contribution in [2.24, 2.45) is 5.92 Å². The minimum absolute atomic E-state index is 0.101. The zero-order valence-corrected chi connectivity index (χ0v) is 29.7. The van der Waals surface area contributed by atoms with E-state index < -0.39 is 0 Å². The molecule has 0 amide bonds. The Kier molecular flexibility index (Phi) is 6.98. The fourth-order valence-electron chi connectivity index (χ4n) is 7.79. The predicted octanol–water partition coefficient (Wildman–Crippen LogP) is 12.4. The van der Waals surface area contributed by atoms with Crippen molar-refractivity contribution in [3.05, 3.63) is 117 Å². The van der Waals surface area contributed by atoms with Gasteiger partial charge in [0, 0.05) is 11.8 Å². The highest BCUT2D eigenvalue weighted by Gasteiger charge is 2.42. The molecule has 4 aromatic rings. The SMILES string of the molecule is CC(C1c2cc(C(C)(C)C)ccc2-c2ccc(C(C)(C)C)cc21)C1c2cc(C(C)(C)C)ccc2-c2ccc(C(C)(C)C)cc21. The molecule has 44 heavy (non-hydrogen) atoms. The summed E-state index contributed by atoms with van der Waals surface area (Å²) < 4.78 is 0. The van der Waals surface area contributed by atoms with E-state index in [9.17, 15) is 0 Å². The van der Waals surface area contributed by atoms with Crippen LogP contribution in [0.3, 0.4) is 0 Å². The molecule has 0 atom stereocenters. The lowest BCUT2D eigenvalue weighted by Crippen LogP contribution is -2.20. The maximum Gasteiger partial charge on any atom is 0.0136 e. The molecule has 0 saturated carbocycles. The lowest BCUT2D eigenvalue weighted by atomic mass is 9.71. The van der Waals surface area contributed by atoms with Gasteiger partial charge in [0.1, 0.15) is 0 Å². The Morgan fingerprint density at radius 1 is 0.364 bits per heavy atom. The standard InChI is InChI=1S/C44H54/c1-26(39-35-22-27(41(2,3)4)14-18-31(35)32-19-15-28(23-36(32)39)42(5,6)7)40-37-24-29(43(8,9)10)16-20-33(37)34-21-17-30(25-38(34)40)44(11,12)13/h14-26,39-40H,1-13H3. The smallest absolute Gasteiger partial charge is 0.0136 e. The average Bonchev–Trinajstić information content (AvgIpc) is 3.42. The van der Waals surface area contributed by atoms with Crippen molar-refractivity contribution in [1.82, 2.24) is 0 Å². The summed E-state index contributed by atoms with van der Waals surface area (Å²) in [5.41, 5.74) is 17.9. The van der Waals surface area contributed by atoms with E-state index >= 15 is 0 Å². The predicted molar refractivity (Wildman–Crippen MR) is 191 cm³/mol. The molecule has 230 valence electrons. The number of benzene rings is 4. The summed E-state index contributed by atoms with van der Waals surface area (Å²) in [6.07, 6.45) is 0. The van der Waals surface area contributed by atoms with Crippen LogP contribution >= 0.6 is 0 Å². The first-order valence-corrected chi connectivity index (χ1v) is 16.9. The quantitative estimate of drug-likeness (QED) is 0.220. The van der Waals surface area contributed by atoms with Gasteiger partial charge in [-0.1, -0.05) is 163 Å². The van der Waals surface area contributed by atoms with E-state index in [2.05, 4.69) is 163 Å². The van der Waals surface area contributed by atoms with Crippen LogP contribution in [0.15, 0.2) is 72.8 Å². The molecule has 0 heteroatoms. The summed E-state index contributed by atoms with van der Waals surface area (Å²) in [5.74, 6) is 1.03. The summed E-state index contributed by atoms with van der Waals surface area (Å²) in [6, 6.07) is 29.4. The van der Waals surface area contributed by atoms with Gasteiger partial charge < -0.3 is 0 Å². The summed E-state index contributed by atoms with van der Waals surface area (Å²) in [4.78, 5) is 0. The second-order valence-corrected chi connectivity index (χ2v) is 18.0. The van der Waals surface area contributed by atoms with Gasteiger partial charge in [0.05, 0.1) is 0 Å². The number of rotatable bonds is 2. The molecule has 0 radical (unpaired) electrons. The Morgan fingerprint density at radius 2 is 0.568 bits per heavy atom. The van der Waals surface area contributed by atoms with Crippen molar-refractivity contribution >= 4 is 0 Å². The minimum Gasteiger partial charge on any atom is -0.0607 e. The third-order valence-corrected chi connectivity index (χ3v) is 10.6. The van der Waals surface area contributed by atoms with Crippen LogP contribution in [0.5, 0.6) is 0 Å². The van der Waals surface area contributed by atoms with Crippen LogP contribution in [-0.4, -0.2) is 0 Å². The van der Waals surface area contributed by atoms with Gasteiger partial charge in [0.2, 0.25) is 0 Å². The molecule has 0 fully saturated rings. The van der Waals surface area contributed by atoms with Crippen molar-refractivity contribution in [3.63, 3.8) is 0 Å². The van der Waals surface area contributed by atoms with E-state index in [0.29, 0.717) is 17.8 Å². The molecule has 0 heterocycles. The van der Waals surface area contributed by atoms with E-state index in [-0.39, 0.29) is 21.7 Å². The number of hydrogen-bond acceptors (Lipinski definition) is 0. The monoisotopic (exact) mass is 582 g/mol. The summed E-state index contributed by atoms with van der Waals surface area (Å²) in [6.45, 7) is 30.7.